The number of nitrogens with one attached hydrogen (secondary N) is 2. The van der Waals surface area contributed by atoms with Gasteiger partial charge in [0, 0.05) is 11.6 Å². The minimum atomic E-state index is -0.395. The molecule has 3 aromatic carbocycles. The van der Waals surface area contributed by atoms with Crippen molar-refractivity contribution < 1.29 is 19.1 Å². The van der Waals surface area contributed by atoms with Gasteiger partial charge >= 0.3 is 0 Å². The highest BCUT2D eigenvalue weighted by molar-refractivity contribution is 6.33. The van der Waals surface area contributed by atoms with Crippen LogP contribution in [0.3, 0.4) is 0 Å². The summed E-state index contributed by atoms with van der Waals surface area (Å²) in [5, 5.41) is 5.80. The van der Waals surface area contributed by atoms with Crippen molar-refractivity contribution >= 4 is 29.1 Å². The molecule has 6 nitrogen and oxygen atoms in total. The minimum Gasteiger partial charge on any atom is -0.484 e. The van der Waals surface area contributed by atoms with Crippen LogP contribution in [0.25, 0.3) is 0 Å². The Morgan fingerprint density at radius 1 is 0.903 bits per heavy atom. The Morgan fingerprint density at radius 2 is 1.55 bits per heavy atom. The molecule has 2 N–H and O–H groups in total. The summed E-state index contributed by atoms with van der Waals surface area (Å²) in [4.78, 5) is 24.4. The Bertz CT molecular complexity index is 1040. The zero-order chi connectivity index (χ0) is 22.2. The molecule has 3 rings (SSSR count). The number of anilines is 1. The molecule has 0 aromatic heterocycles. The number of hydrogen-bond donors (Lipinski definition) is 2. The van der Waals surface area contributed by atoms with E-state index in [0.717, 1.165) is 5.75 Å². The highest BCUT2D eigenvalue weighted by Crippen LogP contribution is 2.25. The van der Waals surface area contributed by atoms with Crippen LogP contribution in [-0.2, 0) is 4.79 Å². The molecule has 0 aliphatic heterocycles. The highest BCUT2D eigenvalue weighted by Gasteiger charge is 2.12. The van der Waals surface area contributed by atoms with E-state index in [9.17, 15) is 9.59 Å². The van der Waals surface area contributed by atoms with Crippen molar-refractivity contribution in [2.24, 2.45) is 0 Å². The Hall–Kier alpha value is -3.51. The number of benzene rings is 3. The molecule has 7 heteroatoms. The Kier molecular flexibility index (Phi) is 7.51. The van der Waals surface area contributed by atoms with E-state index >= 15 is 0 Å². The zero-order valence-electron chi connectivity index (χ0n) is 17.2. The van der Waals surface area contributed by atoms with Crippen molar-refractivity contribution in [2.75, 3.05) is 11.9 Å². The summed E-state index contributed by atoms with van der Waals surface area (Å²) in [6.07, 6.45) is 0. The lowest BCUT2D eigenvalue weighted by Gasteiger charge is -2.12. The smallest absolute Gasteiger partial charge is 0.262 e. The standard InChI is InChI=1S/C24H23ClN2O4/c1-16(2)26-24(29)17-8-13-21(25)22(14-17)27-23(28)15-30-18-9-11-20(12-10-18)31-19-6-4-3-5-7-19/h3-14,16H,15H2,1-2H3,(H,26,29)(H,27,28). The van der Waals surface area contributed by atoms with Crippen LogP contribution in [0.15, 0.2) is 72.8 Å². The van der Waals surface area contributed by atoms with Gasteiger partial charge in [-0.25, -0.2) is 0 Å². The molecule has 3 aromatic rings. The van der Waals surface area contributed by atoms with Crippen molar-refractivity contribution in [2.45, 2.75) is 19.9 Å². The van der Waals surface area contributed by atoms with E-state index in [4.69, 9.17) is 21.1 Å². The summed E-state index contributed by atoms with van der Waals surface area (Å²) >= 11 is 6.15. The van der Waals surface area contributed by atoms with Gasteiger partial charge in [0.05, 0.1) is 10.7 Å². The number of para-hydroxylation sites is 1. The number of ether oxygens (including phenoxy) is 2. The molecule has 0 bridgehead atoms. The summed E-state index contributed by atoms with van der Waals surface area (Å²) in [7, 11) is 0. The second kappa shape index (κ2) is 10.5. The van der Waals surface area contributed by atoms with Crippen molar-refractivity contribution in [1.29, 1.82) is 0 Å². The highest BCUT2D eigenvalue weighted by atomic mass is 35.5. The second-order valence-electron chi connectivity index (χ2n) is 7.05. The van der Waals surface area contributed by atoms with Crippen LogP contribution >= 0.6 is 11.6 Å². The monoisotopic (exact) mass is 438 g/mol. The predicted molar refractivity (Wildman–Crippen MR) is 121 cm³/mol. The molecule has 0 unspecified atom stereocenters. The van der Waals surface area contributed by atoms with Gasteiger partial charge in [-0.1, -0.05) is 29.8 Å². The van der Waals surface area contributed by atoms with E-state index in [1.54, 1.807) is 36.4 Å². The molecule has 0 spiro atoms. The molecular formula is C24H23ClN2O4. The summed E-state index contributed by atoms with van der Waals surface area (Å²) in [5.74, 6) is 1.28. The normalized spacial score (nSPS) is 10.5. The SMILES string of the molecule is CC(C)NC(=O)c1ccc(Cl)c(NC(=O)COc2ccc(Oc3ccccc3)cc2)c1. The van der Waals surface area contributed by atoms with E-state index in [-0.39, 0.29) is 18.6 Å². The topological polar surface area (TPSA) is 76.7 Å². The van der Waals surface area contributed by atoms with Gasteiger partial charge in [0.2, 0.25) is 0 Å². The lowest BCUT2D eigenvalue weighted by atomic mass is 10.1. The van der Waals surface area contributed by atoms with Gasteiger partial charge < -0.3 is 20.1 Å². The molecule has 31 heavy (non-hydrogen) atoms. The van der Waals surface area contributed by atoms with E-state index < -0.39 is 5.91 Å². The molecule has 0 atom stereocenters. The number of carbonyl (C=O) groups excluding carboxylic acids is 2. The first-order valence-electron chi connectivity index (χ1n) is 9.77. The number of halogens is 1. The van der Waals surface area contributed by atoms with Gasteiger partial charge in [0.15, 0.2) is 6.61 Å². The third-order valence-corrected chi connectivity index (χ3v) is 4.42. The molecule has 0 heterocycles. The van der Waals surface area contributed by atoms with Crippen LogP contribution < -0.4 is 20.1 Å². The number of hydrogen-bond acceptors (Lipinski definition) is 4. The van der Waals surface area contributed by atoms with Crippen LogP contribution in [-0.4, -0.2) is 24.5 Å². The van der Waals surface area contributed by atoms with Crippen molar-refractivity contribution in [3.63, 3.8) is 0 Å². The first-order chi connectivity index (χ1) is 14.9. The molecule has 0 radical (unpaired) electrons. The molecular weight excluding hydrogens is 416 g/mol. The maximum Gasteiger partial charge on any atom is 0.262 e. The average Bonchev–Trinajstić information content (AvgIpc) is 2.75. The second-order valence-corrected chi connectivity index (χ2v) is 7.45. The van der Waals surface area contributed by atoms with Crippen LogP contribution in [0.5, 0.6) is 17.2 Å². The maximum absolute atomic E-state index is 12.3. The van der Waals surface area contributed by atoms with E-state index in [2.05, 4.69) is 10.6 Å². The van der Waals surface area contributed by atoms with Gasteiger partial charge in [-0.05, 0) is 68.4 Å². The van der Waals surface area contributed by atoms with Gasteiger partial charge in [-0.2, -0.15) is 0 Å². The molecule has 0 saturated heterocycles. The Balaban J connectivity index is 1.54. The van der Waals surface area contributed by atoms with Gasteiger partial charge in [0.25, 0.3) is 11.8 Å². The molecule has 0 fully saturated rings. The third-order valence-electron chi connectivity index (χ3n) is 4.09. The molecule has 0 saturated carbocycles. The number of carbonyl (C=O) groups is 2. The van der Waals surface area contributed by atoms with Crippen molar-refractivity contribution in [3.8, 4) is 17.2 Å². The Labute approximate surface area is 186 Å². The summed E-state index contributed by atoms with van der Waals surface area (Å²) in [6, 6.07) is 21.1. The van der Waals surface area contributed by atoms with E-state index in [0.29, 0.717) is 27.8 Å². The number of rotatable bonds is 8. The quantitative estimate of drug-likeness (QED) is 0.501. The average molecular weight is 439 g/mol. The fraction of sp³-hybridized carbons (Fsp3) is 0.167. The van der Waals surface area contributed by atoms with Gasteiger partial charge in [0.1, 0.15) is 17.2 Å². The van der Waals surface area contributed by atoms with Crippen LogP contribution in [0.2, 0.25) is 5.02 Å². The first-order valence-corrected chi connectivity index (χ1v) is 10.1. The molecule has 0 aliphatic rings. The fourth-order valence-corrected chi connectivity index (χ4v) is 2.84. The minimum absolute atomic E-state index is 0.000833. The maximum atomic E-state index is 12.3. The van der Waals surface area contributed by atoms with E-state index in [1.807, 2.05) is 44.2 Å². The molecule has 2 amide bonds. The van der Waals surface area contributed by atoms with Gasteiger partial charge in [-0.3, -0.25) is 9.59 Å². The summed E-state index contributed by atoms with van der Waals surface area (Å²) < 4.78 is 11.2. The largest absolute Gasteiger partial charge is 0.484 e. The fourth-order valence-electron chi connectivity index (χ4n) is 2.67. The third kappa shape index (κ3) is 6.76. The van der Waals surface area contributed by atoms with Crippen LogP contribution in [0.4, 0.5) is 5.69 Å². The lowest BCUT2D eigenvalue weighted by Crippen LogP contribution is -2.30. The van der Waals surface area contributed by atoms with Crippen LogP contribution in [0, 0.1) is 0 Å². The van der Waals surface area contributed by atoms with Crippen molar-refractivity contribution in [1.82, 2.24) is 5.32 Å². The predicted octanol–water partition coefficient (Wildman–Crippen LogP) is 5.29. The first kappa shape index (κ1) is 22.2. The lowest BCUT2D eigenvalue weighted by molar-refractivity contribution is -0.118. The van der Waals surface area contributed by atoms with Crippen LogP contribution in [0.1, 0.15) is 24.2 Å². The van der Waals surface area contributed by atoms with Crippen molar-refractivity contribution in [3.05, 3.63) is 83.4 Å². The number of amides is 2. The van der Waals surface area contributed by atoms with E-state index in [1.165, 1.54) is 6.07 Å². The molecule has 160 valence electrons. The Morgan fingerprint density at radius 3 is 2.23 bits per heavy atom. The molecule has 0 aliphatic carbocycles. The zero-order valence-corrected chi connectivity index (χ0v) is 18.0. The van der Waals surface area contributed by atoms with Gasteiger partial charge in [-0.15, -0.1) is 0 Å². The summed E-state index contributed by atoms with van der Waals surface area (Å²) in [5.41, 5.74) is 0.751. The summed E-state index contributed by atoms with van der Waals surface area (Å²) in [6.45, 7) is 3.53.